The molecule has 3 aromatic carbocycles. The molecule has 190 valence electrons. The summed E-state index contributed by atoms with van der Waals surface area (Å²) >= 11 is 0. The first-order chi connectivity index (χ1) is 18.0. The van der Waals surface area contributed by atoms with Gasteiger partial charge in [-0.1, -0.05) is 30.3 Å². The largest absolute Gasteiger partial charge is 0.497 e. The highest BCUT2D eigenvalue weighted by Crippen LogP contribution is 2.32. The molecule has 4 N–H and O–H groups in total. The number of anilines is 1. The molecule has 2 amide bonds. The fourth-order valence-corrected chi connectivity index (χ4v) is 5.25. The van der Waals surface area contributed by atoms with Gasteiger partial charge in [-0.15, -0.1) is 0 Å². The van der Waals surface area contributed by atoms with Crippen molar-refractivity contribution in [1.82, 2.24) is 9.88 Å². The van der Waals surface area contributed by atoms with Gasteiger partial charge >= 0.3 is 0 Å². The maximum absolute atomic E-state index is 13.0. The third kappa shape index (κ3) is 5.52. The van der Waals surface area contributed by atoms with Gasteiger partial charge in [0.15, 0.2) is 0 Å². The molecule has 0 spiro atoms. The number of amides is 2. The van der Waals surface area contributed by atoms with Gasteiger partial charge in [-0.3, -0.25) is 14.5 Å². The Balaban J connectivity index is 1.28. The van der Waals surface area contributed by atoms with Crippen LogP contribution in [0.25, 0.3) is 22.2 Å². The molecule has 0 saturated carbocycles. The number of rotatable bonds is 9. The highest BCUT2D eigenvalue weighted by atomic mass is 16.5. The Hall–Kier alpha value is -4.10. The van der Waals surface area contributed by atoms with Crippen LogP contribution in [0.15, 0.2) is 72.8 Å². The van der Waals surface area contributed by atoms with Crippen molar-refractivity contribution in [2.45, 2.75) is 38.3 Å². The first-order valence-corrected chi connectivity index (χ1v) is 12.7. The number of nitrogens with one attached hydrogen (secondary N) is 2. The average molecular weight is 497 g/mol. The van der Waals surface area contributed by atoms with E-state index in [1.54, 1.807) is 7.11 Å². The molecule has 2 heterocycles. The van der Waals surface area contributed by atoms with Gasteiger partial charge < -0.3 is 20.8 Å². The van der Waals surface area contributed by atoms with Crippen LogP contribution in [0.1, 0.15) is 30.4 Å². The lowest BCUT2D eigenvalue weighted by atomic mass is 10.0. The SMILES string of the molecule is COc1ccc(-c2[nH]c3ccccc3c2CCC(=O)Nc2cccc(CN3CCCC3C(N)=O)c2)cc1. The summed E-state index contributed by atoms with van der Waals surface area (Å²) < 4.78 is 5.30. The highest BCUT2D eigenvalue weighted by Gasteiger charge is 2.28. The molecule has 7 nitrogen and oxygen atoms in total. The zero-order valence-electron chi connectivity index (χ0n) is 21.0. The predicted octanol–water partition coefficient (Wildman–Crippen LogP) is 4.86. The van der Waals surface area contributed by atoms with Crippen LogP contribution in [0, 0.1) is 0 Å². The van der Waals surface area contributed by atoms with Crippen molar-refractivity contribution < 1.29 is 14.3 Å². The number of hydrogen-bond acceptors (Lipinski definition) is 4. The van der Waals surface area contributed by atoms with Crippen LogP contribution in [-0.4, -0.2) is 41.4 Å². The number of likely N-dealkylation sites (tertiary alicyclic amines) is 1. The van der Waals surface area contributed by atoms with Crippen molar-refractivity contribution in [2.75, 3.05) is 19.0 Å². The zero-order chi connectivity index (χ0) is 25.8. The van der Waals surface area contributed by atoms with E-state index in [1.807, 2.05) is 60.7 Å². The quantitative estimate of drug-likeness (QED) is 0.308. The van der Waals surface area contributed by atoms with E-state index in [0.29, 0.717) is 19.4 Å². The van der Waals surface area contributed by atoms with E-state index in [2.05, 4.69) is 27.3 Å². The number of H-pyrrole nitrogens is 1. The molecule has 1 fully saturated rings. The van der Waals surface area contributed by atoms with Gasteiger partial charge in [-0.2, -0.15) is 0 Å². The maximum atomic E-state index is 13.0. The number of para-hydroxylation sites is 1. The molecule has 4 aromatic rings. The van der Waals surface area contributed by atoms with Crippen molar-refractivity contribution in [3.05, 3.63) is 83.9 Å². The normalized spacial score (nSPS) is 15.6. The van der Waals surface area contributed by atoms with Gasteiger partial charge in [0.25, 0.3) is 0 Å². The van der Waals surface area contributed by atoms with Crippen molar-refractivity contribution in [3.63, 3.8) is 0 Å². The summed E-state index contributed by atoms with van der Waals surface area (Å²) in [6.07, 6.45) is 2.73. The second-order valence-corrected chi connectivity index (χ2v) is 9.53. The van der Waals surface area contributed by atoms with E-state index >= 15 is 0 Å². The Morgan fingerprint density at radius 3 is 2.68 bits per heavy atom. The number of nitrogens with zero attached hydrogens (tertiary/aromatic N) is 1. The summed E-state index contributed by atoms with van der Waals surface area (Å²) in [6, 6.07) is 23.7. The van der Waals surface area contributed by atoms with Gasteiger partial charge in [0.05, 0.1) is 13.2 Å². The molecule has 1 unspecified atom stereocenters. The predicted molar refractivity (Wildman–Crippen MR) is 146 cm³/mol. The molecule has 37 heavy (non-hydrogen) atoms. The Morgan fingerprint density at radius 2 is 1.89 bits per heavy atom. The van der Waals surface area contributed by atoms with Gasteiger partial charge in [0.2, 0.25) is 11.8 Å². The maximum Gasteiger partial charge on any atom is 0.234 e. The smallest absolute Gasteiger partial charge is 0.234 e. The van der Waals surface area contributed by atoms with Crippen LogP contribution >= 0.6 is 0 Å². The molecule has 1 atom stereocenters. The summed E-state index contributed by atoms with van der Waals surface area (Å²) in [5.41, 5.74) is 11.6. The fraction of sp³-hybridized carbons (Fsp3) is 0.267. The minimum atomic E-state index is -0.270. The van der Waals surface area contributed by atoms with Gasteiger partial charge in [0.1, 0.15) is 5.75 Å². The van der Waals surface area contributed by atoms with Crippen molar-refractivity contribution >= 4 is 28.4 Å². The molecule has 1 aromatic heterocycles. The number of methoxy groups -OCH3 is 1. The van der Waals surface area contributed by atoms with Crippen LogP contribution in [0.4, 0.5) is 5.69 Å². The second kappa shape index (κ2) is 10.9. The first kappa shape index (κ1) is 24.6. The number of benzene rings is 3. The van der Waals surface area contributed by atoms with E-state index in [1.165, 1.54) is 0 Å². The number of aromatic amines is 1. The summed E-state index contributed by atoms with van der Waals surface area (Å²) in [6.45, 7) is 1.49. The zero-order valence-corrected chi connectivity index (χ0v) is 21.0. The number of ether oxygens (including phenoxy) is 1. The highest BCUT2D eigenvalue weighted by molar-refractivity contribution is 5.94. The lowest BCUT2D eigenvalue weighted by Gasteiger charge is -2.22. The van der Waals surface area contributed by atoms with Crippen molar-refractivity contribution in [2.24, 2.45) is 5.73 Å². The topological polar surface area (TPSA) is 100 Å². The van der Waals surface area contributed by atoms with Gasteiger partial charge in [-0.05, 0) is 85.0 Å². The van der Waals surface area contributed by atoms with Crippen molar-refractivity contribution in [3.8, 4) is 17.0 Å². The van der Waals surface area contributed by atoms with Crippen LogP contribution in [-0.2, 0) is 22.6 Å². The number of carbonyl (C=O) groups excluding carboxylic acids is 2. The Morgan fingerprint density at radius 1 is 1.08 bits per heavy atom. The minimum absolute atomic E-state index is 0.0423. The molecular formula is C30H32N4O3. The lowest BCUT2D eigenvalue weighted by molar-refractivity contribution is -0.122. The van der Waals surface area contributed by atoms with E-state index < -0.39 is 0 Å². The molecule has 1 aliphatic heterocycles. The third-order valence-electron chi connectivity index (χ3n) is 7.08. The Labute approximate surface area is 216 Å². The number of aryl methyl sites for hydroxylation is 1. The van der Waals surface area contributed by atoms with Crippen LogP contribution < -0.4 is 15.8 Å². The molecule has 1 aliphatic rings. The number of aromatic nitrogens is 1. The second-order valence-electron chi connectivity index (χ2n) is 9.53. The Bertz CT molecular complexity index is 1410. The summed E-state index contributed by atoms with van der Waals surface area (Å²) in [4.78, 5) is 30.3. The van der Waals surface area contributed by atoms with Crippen LogP contribution in [0.5, 0.6) is 5.75 Å². The molecular weight excluding hydrogens is 464 g/mol. The van der Waals surface area contributed by atoms with E-state index in [9.17, 15) is 9.59 Å². The first-order valence-electron chi connectivity index (χ1n) is 12.7. The molecule has 7 heteroatoms. The fourth-order valence-electron chi connectivity index (χ4n) is 5.25. The number of carbonyl (C=O) groups is 2. The van der Waals surface area contributed by atoms with E-state index in [0.717, 1.165) is 64.1 Å². The third-order valence-corrected chi connectivity index (χ3v) is 7.08. The number of primary amides is 1. The molecule has 1 saturated heterocycles. The van der Waals surface area contributed by atoms with Gasteiger partial charge in [0, 0.05) is 35.2 Å². The average Bonchev–Trinajstić information content (AvgIpc) is 3.52. The minimum Gasteiger partial charge on any atom is -0.497 e. The Kier molecular flexibility index (Phi) is 7.23. The lowest BCUT2D eigenvalue weighted by Crippen LogP contribution is -2.39. The summed E-state index contributed by atoms with van der Waals surface area (Å²) in [7, 11) is 1.65. The monoisotopic (exact) mass is 496 g/mol. The molecule has 0 bridgehead atoms. The number of hydrogen-bond donors (Lipinski definition) is 3. The van der Waals surface area contributed by atoms with Crippen LogP contribution in [0.2, 0.25) is 0 Å². The number of nitrogens with two attached hydrogens (primary N) is 1. The van der Waals surface area contributed by atoms with E-state index in [-0.39, 0.29) is 17.9 Å². The molecule has 0 aliphatic carbocycles. The van der Waals surface area contributed by atoms with Crippen molar-refractivity contribution in [1.29, 1.82) is 0 Å². The van der Waals surface area contributed by atoms with Gasteiger partial charge in [-0.25, -0.2) is 0 Å². The summed E-state index contributed by atoms with van der Waals surface area (Å²) in [5, 5.41) is 4.17. The standard InChI is InChI=1S/C30H32N4O3/c1-37-23-13-11-21(12-14-23)29-25(24-8-2-3-9-26(24)33-29)15-16-28(35)32-22-7-4-6-20(18-22)19-34-17-5-10-27(34)30(31)36/h2-4,6-9,11-14,18,27,33H,5,10,15-17,19H2,1H3,(H2,31,36)(H,32,35). The number of fused-ring (bicyclic) bond motifs is 1. The summed E-state index contributed by atoms with van der Waals surface area (Å²) in [5.74, 6) is 0.491. The van der Waals surface area contributed by atoms with E-state index in [4.69, 9.17) is 10.5 Å². The van der Waals surface area contributed by atoms with Crippen LogP contribution in [0.3, 0.4) is 0 Å². The molecule has 5 rings (SSSR count). The molecule has 0 radical (unpaired) electrons.